The highest BCUT2D eigenvalue weighted by Gasteiger charge is 2.31. The smallest absolute Gasteiger partial charge is 0.306 e. The quantitative estimate of drug-likeness (QED) is 0.632. The predicted molar refractivity (Wildman–Crippen MR) is 43.4 cm³/mol. The molecule has 0 saturated heterocycles. The van der Waals surface area contributed by atoms with Crippen LogP contribution < -0.4 is 0 Å². The van der Waals surface area contributed by atoms with Gasteiger partial charge in [0.1, 0.15) is 0 Å². The van der Waals surface area contributed by atoms with Crippen molar-refractivity contribution in [2.75, 3.05) is 0 Å². The van der Waals surface area contributed by atoms with E-state index in [1.54, 1.807) is 0 Å². The fraction of sp³-hybridized carbons (Fsp3) is 0.889. The molecular formula is C9H16O2. The van der Waals surface area contributed by atoms with E-state index >= 15 is 0 Å². The molecule has 1 aliphatic carbocycles. The summed E-state index contributed by atoms with van der Waals surface area (Å²) in [6.07, 6.45) is 3.97. The Morgan fingerprint density at radius 2 is 2.18 bits per heavy atom. The standard InChI is InChI=1S/C9H16O2/c1-9(2)5-3-4-7(6-9)8(10)11/h7H,3-6H2,1-2H3,(H,10,11)/t7-/m0/s1. The summed E-state index contributed by atoms with van der Waals surface area (Å²) in [6.45, 7) is 4.31. The molecule has 0 spiro atoms. The molecule has 64 valence electrons. The number of carbonyl (C=O) groups is 1. The van der Waals surface area contributed by atoms with Gasteiger partial charge in [-0.05, 0) is 24.7 Å². The van der Waals surface area contributed by atoms with Gasteiger partial charge in [0, 0.05) is 0 Å². The third-order valence-corrected chi connectivity index (χ3v) is 2.55. The lowest BCUT2D eigenvalue weighted by molar-refractivity contribution is -0.144. The van der Waals surface area contributed by atoms with Gasteiger partial charge in [-0.1, -0.05) is 20.3 Å². The number of hydrogen-bond acceptors (Lipinski definition) is 1. The summed E-state index contributed by atoms with van der Waals surface area (Å²) in [5.41, 5.74) is 0.251. The SMILES string of the molecule is CC1(C)CCC[C@H](C(=O)O)C1. The van der Waals surface area contributed by atoms with Crippen molar-refractivity contribution in [1.82, 2.24) is 0 Å². The van der Waals surface area contributed by atoms with E-state index in [1.807, 2.05) is 0 Å². The summed E-state index contributed by atoms with van der Waals surface area (Å²) < 4.78 is 0. The zero-order valence-corrected chi connectivity index (χ0v) is 7.26. The minimum Gasteiger partial charge on any atom is -0.481 e. The summed E-state index contributed by atoms with van der Waals surface area (Å²) >= 11 is 0. The highest BCUT2D eigenvalue weighted by atomic mass is 16.4. The third kappa shape index (κ3) is 2.21. The molecule has 1 atom stereocenters. The van der Waals surface area contributed by atoms with Crippen LogP contribution in [-0.4, -0.2) is 11.1 Å². The maximum Gasteiger partial charge on any atom is 0.306 e. The van der Waals surface area contributed by atoms with Crippen LogP contribution in [0.25, 0.3) is 0 Å². The largest absolute Gasteiger partial charge is 0.481 e. The monoisotopic (exact) mass is 156 g/mol. The molecule has 1 fully saturated rings. The summed E-state index contributed by atoms with van der Waals surface area (Å²) in [7, 11) is 0. The van der Waals surface area contributed by atoms with Gasteiger partial charge in [-0.2, -0.15) is 0 Å². The Balaban J connectivity index is 2.53. The molecule has 2 nitrogen and oxygen atoms in total. The van der Waals surface area contributed by atoms with Crippen LogP contribution in [0.2, 0.25) is 0 Å². The molecule has 0 radical (unpaired) electrons. The molecule has 0 unspecified atom stereocenters. The van der Waals surface area contributed by atoms with E-state index in [4.69, 9.17) is 5.11 Å². The van der Waals surface area contributed by atoms with Crippen LogP contribution in [0.4, 0.5) is 0 Å². The Morgan fingerprint density at radius 1 is 1.55 bits per heavy atom. The van der Waals surface area contributed by atoms with Gasteiger partial charge in [0.2, 0.25) is 0 Å². The maximum absolute atomic E-state index is 10.6. The summed E-state index contributed by atoms with van der Waals surface area (Å²) in [6, 6.07) is 0. The van der Waals surface area contributed by atoms with Crippen molar-refractivity contribution in [1.29, 1.82) is 0 Å². The second-order valence-corrected chi connectivity index (χ2v) is 4.30. The summed E-state index contributed by atoms with van der Waals surface area (Å²) in [5.74, 6) is -0.698. The average molecular weight is 156 g/mol. The summed E-state index contributed by atoms with van der Waals surface area (Å²) in [4.78, 5) is 10.6. The molecule has 11 heavy (non-hydrogen) atoms. The molecule has 1 saturated carbocycles. The van der Waals surface area contributed by atoms with E-state index in [1.165, 1.54) is 6.42 Å². The first-order valence-corrected chi connectivity index (χ1v) is 4.24. The van der Waals surface area contributed by atoms with Gasteiger partial charge < -0.3 is 5.11 Å². The van der Waals surface area contributed by atoms with Crippen LogP contribution in [0.3, 0.4) is 0 Å². The first-order chi connectivity index (χ1) is 5.01. The van der Waals surface area contributed by atoms with Crippen molar-refractivity contribution in [2.45, 2.75) is 39.5 Å². The van der Waals surface area contributed by atoms with Crippen LogP contribution in [0, 0.1) is 11.3 Å². The molecule has 2 heteroatoms. The number of rotatable bonds is 1. The molecular weight excluding hydrogens is 140 g/mol. The molecule has 0 aromatic heterocycles. The molecule has 0 amide bonds. The van der Waals surface area contributed by atoms with Crippen LogP contribution in [0.5, 0.6) is 0 Å². The topological polar surface area (TPSA) is 37.3 Å². The lowest BCUT2D eigenvalue weighted by atomic mass is 9.72. The Labute approximate surface area is 67.6 Å². The molecule has 0 aliphatic heterocycles. The Morgan fingerprint density at radius 3 is 2.55 bits per heavy atom. The molecule has 0 aromatic rings. The van der Waals surface area contributed by atoms with Crippen molar-refractivity contribution >= 4 is 5.97 Å². The molecule has 1 N–H and O–H groups in total. The average Bonchev–Trinajstić information content (AvgIpc) is 1.85. The lowest BCUT2D eigenvalue weighted by Crippen LogP contribution is -2.27. The number of carboxylic acid groups (broad SMARTS) is 1. The van der Waals surface area contributed by atoms with Crippen LogP contribution in [-0.2, 0) is 4.79 Å². The number of aliphatic carboxylic acids is 1. The maximum atomic E-state index is 10.6. The minimum atomic E-state index is -0.613. The third-order valence-electron chi connectivity index (χ3n) is 2.55. The first kappa shape index (κ1) is 8.57. The normalized spacial score (nSPS) is 29.8. The second-order valence-electron chi connectivity index (χ2n) is 4.30. The minimum absolute atomic E-state index is 0.0845. The van der Waals surface area contributed by atoms with Gasteiger partial charge >= 0.3 is 5.97 Å². The zero-order chi connectivity index (χ0) is 8.48. The van der Waals surface area contributed by atoms with Crippen molar-refractivity contribution in [3.05, 3.63) is 0 Å². The van der Waals surface area contributed by atoms with E-state index in [-0.39, 0.29) is 11.3 Å². The van der Waals surface area contributed by atoms with E-state index < -0.39 is 5.97 Å². The van der Waals surface area contributed by atoms with Crippen molar-refractivity contribution in [3.63, 3.8) is 0 Å². The fourth-order valence-electron chi connectivity index (χ4n) is 1.91. The molecule has 0 heterocycles. The van der Waals surface area contributed by atoms with Gasteiger partial charge in [0.15, 0.2) is 0 Å². The van der Waals surface area contributed by atoms with E-state index in [2.05, 4.69) is 13.8 Å². The lowest BCUT2D eigenvalue weighted by Gasteiger charge is -2.32. The second kappa shape index (κ2) is 2.84. The van der Waals surface area contributed by atoms with Gasteiger partial charge in [-0.25, -0.2) is 0 Å². The Kier molecular flexibility index (Phi) is 2.21. The van der Waals surface area contributed by atoms with E-state index in [9.17, 15) is 4.79 Å². The fourth-order valence-corrected chi connectivity index (χ4v) is 1.91. The van der Waals surface area contributed by atoms with Crippen molar-refractivity contribution < 1.29 is 9.90 Å². The van der Waals surface area contributed by atoms with Gasteiger partial charge in [0.25, 0.3) is 0 Å². The van der Waals surface area contributed by atoms with Crippen LogP contribution in [0.1, 0.15) is 39.5 Å². The van der Waals surface area contributed by atoms with Crippen molar-refractivity contribution in [2.24, 2.45) is 11.3 Å². The molecule has 1 rings (SSSR count). The van der Waals surface area contributed by atoms with Crippen LogP contribution >= 0.6 is 0 Å². The molecule has 0 bridgehead atoms. The zero-order valence-electron chi connectivity index (χ0n) is 7.26. The molecule has 1 aliphatic rings. The van der Waals surface area contributed by atoms with E-state index in [0.717, 1.165) is 19.3 Å². The molecule has 0 aromatic carbocycles. The van der Waals surface area contributed by atoms with E-state index in [0.29, 0.717) is 0 Å². The predicted octanol–water partition coefficient (Wildman–Crippen LogP) is 2.29. The highest BCUT2D eigenvalue weighted by Crippen LogP contribution is 2.38. The van der Waals surface area contributed by atoms with Gasteiger partial charge in [-0.3, -0.25) is 4.79 Å². The Bertz CT molecular complexity index is 161. The van der Waals surface area contributed by atoms with Crippen molar-refractivity contribution in [3.8, 4) is 0 Å². The summed E-state index contributed by atoms with van der Waals surface area (Å²) in [5, 5.41) is 8.77. The van der Waals surface area contributed by atoms with Crippen LogP contribution in [0.15, 0.2) is 0 Å². The number of hydrogen-bond donors (Lipinski definition) is 1. The van der Waals surface area contributed by atoms with Gasteiger partial charge in [-0.15, -0.1) is 0 Å². The Hall–Kier alpha value is -0.530. The van der Waals surface area contributed by atoms with Gasteiger partial charge in [0.05, 0.1) is 5.92 Å². The highest BCUT2D eigenvalue weighted by molar-refractivity contribution is 5.70. The first-order valence-electron chi connectivity index (χ1n) is 4.24. The number of carboxylic acids is 1.